The molecule has 2 heterocycles. The summed E-state index contributed by atoms with van der Waals surface area (Å²) >= 11 is 1.46. The molecule has 3 aromatic rings. The average Bonchev–Trinajstić information content (AvgIpc) is 2.82. The van der Waals surface area contributed by atoms with Gasteiger partial charge in [-0.3, -0.25) is 9.36 Å². The number of aromatic nitrogens is 2. The molecule has 1 N–H and O–H groups in total. The number of fused-ring (bicyclic) bond motifs is 1. The van der Waals surface area contributed by atoms with E-state index in [-0.39, 0.29) is 5.56 Å². The van der Waals surface area contributed by atoms with Crippen molar-refractivity contribution in [1.29, 1.82) is 0 Å². The average molecular weight is 356 g/mol. The smallest absolute Gasteiger partial charge is 0.329 e. The number of rotatable bonds is 3. The lowest BCUT2D eigenvalue weighted by molar-refractivity contribution is -0.145. The van der Waals surface area contributed by atoms with E-state index in [1.54, 1.807) is 0 Å². The molecule has 0 aliphatic rings. The zero-order valence-electron chi connectivity index (χ0n) is 14.9. The molecule has 1 aromatic carbocycles. The van der Waals surface area contributed by atoms with Gasteiger partial charge in [-0.15, -0.1) is 11.3 Å². The normalized spacial score (nSPS) is 11.9. The van der Waals surface area contributed by atoms with E-state index in [9.17, 15) is 14.7 Å². The second kappa shape index (κ2) is 5.81. The van der Waals surface area contributed by atoms with Crippen molar-refractivity contribution in [3.63, 3.8) is 0 Å². The molecule has 0 saturated carbocycles. The van der Waals surface area contributed by atoms with Crippen molar-refractivity contribution >= 4 is 27.5 Å². The number of carbonyl (C=O) groups is 1. The fourth-order valence-corrected chi connectivity index (χ4v) is 3.82. The first-order chi connectivity index (χ1) is 11.6. The van der Waals surface area contributed by atoms with Gasteiger partial charge < -0.3 is 5.11 Å². The first-order valence-corrected chi connectivity index (χ1v) is 8.80. The quantitative estimate of drug-likeness (QED) is 0.773. The molecule has 3 rings (SSSR count). The Morgan fingerprint density at radius 2 is 1.76 bits per heavy atom. The minimum Gasteiger partial charge on any atom is -0.480 e. The largest absolute Gasteiger partial charge is 0.480 e. The lowest BCUT2D eigenvalue weighted by atomic mass is 10.0. The Labute approximate surface area is 149 Å². The number of carboxylic acid groups (broad SMARTS) is 1. The number of carboxylic acids is 1. The first kappa shape index (κ1) is 17.4. The van der Waals surface area contributed by atoms with E-state index >= 15 is 0 Å². The van der Waals surface area contributed by atoms with Gasteiger partial charge >= 0.3 is 5.97 Å². The van der Waals surface area contributed by atoms with Crippen molar-refractivity contribution < 1.29 is 9.90 Å². The Morgan fingerprint density at radius 1 is 1.16 bits per heavy atom. The van der Waals surface area contributed by atoms with Crippen LogP contribution in [0.1, 0.15) is 29.9 Å². The van der Waals surface area contributed by atoms with Crippen LogP contribution in [-0.2, 0) is 10.3 Å². The topological polar surface area (TPSA) is 72.2 Å². The fourth-order valence-electron chi connectivity index (χ4n) is 2.80. The first-order valence-electron chi connectivity index (χ1n) is 7.98. The van der Waals surface area contributed by atoms with Gasteiger partial charge in [0.15, 0.2) is 0 Å². The van der Waals surface area contributed by atoms with Gasteiger partial charge in [-0.05, 0) is 40.2 Å². The van der Waals surface area contributed by atoms with Gasteiger partial charge in [-0.2, -0.15) is 0 Å². The van der Waals surface area contributed by atoms with E-state index in [0.717, 1.165) is 21.6 Å². The van der Waals surface area contributed by atoms with Gasteiger partial charge in [0.1, 0.15) is 16.2 Å². The highest BCUT2D eigenvalue weighted by molar-refractivity contribution is 7.18. The SMILES string of the molecule is Cc1ccc(-c2nc3sc(C)c(C)c3c(=O)n2C(C)(C)C(=O)O)cc1. The van der Waals surface area contributed by atoms with Gasteiger partial charge in [-0.25, -0.2) is 9.78 Å². The highest BCUT2D eigenvalue weighted by Crippen LogP contribution is 2.31. The molecule has 0 atom stereocenters. The zero-order valence-corrected chi connectivity index (χ0v) is 15.7. The second-order valence-corrected chi connectivity index (χ2v) is 7.97. The molecule has 0 radical (unpaired) electrons. The summed E-state index contributed by atoms with van der Waals surface area (Å²) in [4.78, 5) is 31.4. The molecule has 6 heteroatoms. The molecule has 0 bridgehead atoms. The number of hydrogen-bond acceptors (Lipinski definition) is 4. The molecule has 25 heavy (non-hydrogen) atoms. The maximum absolute atomic E-state index is 13.2. The van der Waals surface area contributed by atoms with E-state index in [4.69, 9.17) is 0 Å². The molecule has 2 aromatic heterocycles. The molecule has 5 nitrogen and oxygen atoms in total. The van der Waals surface area contributed by atoms with E-state index < -0.39 is 11.5 Å². The Morgan fingerprint density at radius 3 is 2.32 bits per heavy atom. The predicted octanol–water partition coefficient (Wildman–Crippen LogP) is 3.87. The van der Waals surface area contributed by atoms with Crippen LogP contribution in [0.3, 0.4) is 0 Å². The van der Waals surface area contributed by atoms with E-state index in [2.05, 4.69) is 4.98 Å². The number of hydrogen-bond donors (Lipinski definition) is 1. The highest BCUT2D eigenvalue weighted by Gasteiger charge is 2.34. The molecule has 0 spiro atoms. The van der Waals surface area contributed by atoms with Crippen LogP contribution in [0.4, 0.5) is 0 Å². The summed E-state index contributed by atoms with van der Waals surface area (Å²) in [5.74, 6) is -0.695. The summed E-state index contributed by atoms with van der Waals surface area (Å²) in [6.45, 7) is 8.84. The van der Waals surface area contributed by atoms with Crippen LogP contribution in [-0.4, -0.2) is 20.6 Å². The number of nitrogens with zero attached hydrogens (tertiary/aromatic N) is 2. The fraction of sp³-hybridized carbons (Fsp3) is 0.316. The summed E-state index contributed by atoms with van der Waals surface area (Å²) in [6, 6.07) is 7.58. The van der Waals surface area contributed by atoms with Crippen LogP contribution in [0.2, 0.25) is 0 Å². The Balaban J connectivity index is 2.48. The van der Waals surface area contributed by atoms with Crippen molar-refractivity contribution in [2.75, 3.05) is 0 Å². The van der Waals surface area contributed by atoms with Gasteiger partial charge in [-0.1, -0.05) is 29.8 Å². The molecular formula is C19H20N2O3S. The monoisotopic (exact) mass is 356 g/mol. The third-order valence-electron chi connectivity index (χ3n) is 4.60. The van der Waals surface area contributed by atoms with E-state index in [1.807, 2.05) is 45.0 Å². The molecule has 0 amide bonds. The summed E-state index contributed by atoms with van der Waals surface area (Å²) in [6.07, 6.45) is 0. The molecule has 0 saturated heterocycles. The van der Waals surface area contributed by atoms with Gasteiger partial charge in [0.25, 0.3) is 5.56 Å². The van der Waals surface area contributed by atoms with Gasteiger partial charge in [0.05, 0.1) is 5.39 Å². The maximum Gasteiger partial charge on any atom is 0.329 e. The maximum atomic E-state index is 13.2. The van der Waals surface area contributed by atoms with Crippen molar-refractivity contribution in [2.45, 2.75) is 40.2 Å². The summed E-state index contributed by atoms with van der Waals surface area (Å²) in [7, 11) is 0. The molecule has 0 aliphatic carbocycles. The molecule has 130 valence electrons. The van der Waals surface area contributed by atoms with Crippen molar-refractivity contribution in [1.82, 2.24) is 9.55 Å². The number of aliphatic carboxylic acids is 1. The molecule has 0 aliphatic heterocycles. The standard InChI is InChI=1S/C19H20N2O3S/c1-10-6-8-13(9-7-10)15-20-16-14(11(2)12(3)25-16)17(22)21(15)19(4,5)18(23)24/h6-9H,1-5H3,(H,23,24). The summed E-state index contributed by atoms with van der Waals surface area (Å²) in [5.41, 5.74) is 0.945. The van der Waals surface area contributed by atoms with E-state index in [1.165, 1.54) is 29.8 Å². The van der Waals surface area contributed by atoms with Crippen LogP contribution in [0, 0.1) is 20.8 Å². The molecule has 0 fully saturated rings. The van der Waals surface area contributed by atoms with Crippen LogP contribution >= 0.6 is 11.3 Å². The van der Waals surface area contributed by atoms with Crippen molar-refractivity contribution in [3.8, 4) is 11.4 Å². The number of aryl methyl sites for hydroxylation is 3. The minimum absolute atomic E-state index is 0.310. The lowest BCUT2D eigenvalue weighted by Gasteiger charge is -2.25. The van der Waals surface area contributed by atoms with Gasteiger partial charge in [0.2, 0.25) is 0 Å². The Kier molecular flexibility index (Phi) is 4.03. The summed E-state index contributed by atoms with van der Waals surface area (Å²) in [5, 5.41) is 10.2. The van der Waals surface area contributed by atoms with Crippen LogP contribution in [0.5, 0.6) is 0 Å². The number of benzene rings is 1. The highest BCUT2D eigenvalue weighted by atomic mass is 32.1. The third kappa shape index (κ3) is 2.66. The molecular weight excluding hydrogens is 336 g/mol. The Bertz CT molecular complexity index is 1040. The van der Waals surface area contributed by atoms with Crippen LogP contribution < -0.4 is 5.56 Å². The van der Waals surface area contributed by atoms with Crippen LogP contribution in [0.15, 0.2) is 29.1 Å². The number of thiophene rings is 1. The van der Waals surface area contributed by atoms with Crippen molar-refractivity contribution in [2.24, 2.45) is 0 Å². The Hall–Kier alpha value is -2.47. The summed E-state index contributed by atoms with van der Waals surface area (Å²) < 4.78 is 1.31. The van der Waals surface area contributed by atoms with Crippen LogP contribution in [0.25, 0.3) is 21.6 Å². The third-order valence-corrected chi connectivity index (χ3v) is 5.70. The second-order valence-electron chi connectivity index (χ2n) is 6.77. The zero-order chi connectivity index (χ0) is 18.5. The molecule has 0 unspecified atom stereocenters. The lowest BCUT2D eigenvalue weighted by Crippen LogP contribution is -2.44. The van der Waals surface area contributed by atoms with Gasteiger partial charge in [0, 0.05) is 10.4 Å². The van der Waals surface area contributed by atoms with Crippen molar-refractivity contribution in [3.05, 3.63) is 50.6 Å². The van der Waals surface area contributed by atoms with E-state index in [0.29, 0.717) is 16.0 Å². The predicted molar refractivity (Wildman–Crippen MR) is 100 cm³/mol. The minimum atomic E-state index is -1.42.